The van der Waals surface area contributed by atoms with Gasteiger partial charge in [-0.15, -0.1) is 0 Å². The highest BCUT2D eigenvalue weighted by Gasteiger charge is 1.87. The number of hydrogen-bond acceptors (Lipinski definition) is 0. The molecule has 0 amide bonds. The van der Waals surface area contributed by atoms with Crippen LogP contribution in [0.5, 0.6) is 0 Å². The largest absolute Gasteiger partial charge is 0.0845 e. The van der Waals surface area contributed by atoms with Gasteiger partial charge in [-0.25, -0.2) is 0 Å². The molecule has 0 fully saturated rings. The highest BCUT2D eigenvalue weighted by atomic mass is 13.9. The van der Waals surface area contributed by atoms with Crippen LogP contribution in [0.4, 0.5) is 0 Å². The number of hydrogen-bond donors (Lipinski definition) is 0. The summed E-state index contributed by atoms with van der Waals surface area (Å²) in [6, 6.07) is 0. The molecule has 0 unspecified atom stereocenters. The molecule has 0 N–H and O–H groups in total. The Labute approximate surface area is 87.7 Å². The van der Waals surface area contributed by atoms with Crippen molar-refractivity contribution in [2.75, 3.05) is 0 Å². The average Bonchev–Trinajstić information content (AvgIpc) is 2.22. The molecule has 0 spiro atoms. The summed E-state index contributed by atoms with van der Waals surface area (Å²) in [5, 5.41) is 0. The van der Waals surface area contributed by atoms with Crippen molar-refractivity contribution in [1.82, 2.24) is 0 Å². The Hall–Kier alpha value is -1.04. The molecular weight excluding hydrogens is 168 g/mol. The third-order valence-electron chi connectivity index (χ3n) is 2.18. The Bertz CT molecular complexity index is 202. The van der Waals surface area contributed by atoms with Crippen LogP contribution in [0.25, 0.3) is 0 Å². The zero-order valence-electron chi connectivity index (χ0n) is 8.73. The quantitative estimate of drug-likeness (QED) is 0.528. The van der Waals surface area contributed by atoms with E-state index >= 15 is 0 Å². The average molecular weight is 187 g/mol. The van der Waals surface area contributed by atoms with Gasteiger partial charge >= 0.3 is 0 Å². The standard InChI is InChI=1S/C14H19/c1-2-4-6-8-10-12-14-13-11-9-7-5-3-1/h1-9H,10-14H2/b2-1-,5-3+,6-4+,9-7+. The van der Waals surface area contributed by atoms with Gasteiger partial charge in [0, 0.05) is 0 Å². The topological polar surface area (TPSA) is 0 Å². The highest BCUT2D eigenvalue weighted by Crippen LogP contribution is 2.06. The van der Waals surface area contributed by atoms with Crippen molar-refractivity contribution in [3.63, 3.8) is 0 Å². The lowest BCUT2D eigenvalue weighted by molar-refractivity contribution is 0.687. The van der Waals surface area contributed by atoms with E-state index in [0.717, 1.165) is 0 Å². The molecule has 0 aromatic rings. The molecule has 0 heteroatoms. The molecular formula is C14H19. The lowest BCUT2D eigenvalue weighted by atomic mass is 10.1. The number of rotatable bonds is 0. The fraction of sp³-hybridized carbons (Fsp3) is 0.357. The zero-order chi connectivity index (χ0) is 9.90. The fourth-order valence-corrected chi connectivity index (χ4v) is 1.37. The first-order valence-electron chi connectivity index (χ1n) is 5.48. The molecule has 1 radical (unpaired) electrons. The summed E-state index contributed by atoms with van der Waals surface area (Å²) in [5.41, 5.74) is 0. The minimum Gasteiger partial charge on any atom is -0.0845 e. The predicted molar refractivity (Wildman–Crippen MR) is 63.9 cm³/mol. The Morgan fingerprint density at radius 3 is 2.00 bits per heavy atom. The van der Waals surface area contributed by atoms with E-state index in [1.165, 1.54) is 32.1 Å². The van der Waals surface area contributed by atoms with E-state index in [9.17, 15) is 0 Å². The van der Waals surface area contributed by atoms with Gasteiger partial charge in [-0.2, -0.15) is 0 Å². The number of allylic oxidation sites excluding steroid dienone is 8. The molecule has 0 atom stereocenters. The van der Waals surface area contributed by atoms with Crippen molar-refractivity contribution in [2.45, 2.75) is 32.1 Å². The predicted octanol–water partition coefficient (Wildman–Crippen LogP) is 4.38. The summed E-state index contributed by atoms with van der Waals surface area (Å²) in [6.07, 6.45) is 25.5. The lowest BCUT2D eigenvalue weighted by Crippen LogP contribution is -1.77. The van der Waals surface area contributed by atoms with E-state index in [2.05, 4.69) is 55.0 Å². The van der Waals surface area contributed by atoms with Gasteiger partial charge < -0.3 is 0 Å². The van der Waals surface area contributed by atoms with Gasteiger partial charge in [0.2, 0.25) is 0 Å². The van der Waals surface area contributed by atoms with Crippen LogP contribution < -0.4 is 0 Å². The van der Waals surface area contributed by atoms with Gasteiger partial charge in [-0.05, 0) is 25.7 Å². The van der Waals surface area contributed by atoms with Gasteiger partial charge in [0.25, 0.3) is 0 Å². The van der Waals surface area contributed by atoms with E-state index < -0.39 is 0 Å². The summed E-state index contributed by atoms with van der Waals surface area (Å²) in [6.45, 7) is 0. The van der Waals surface area contributed by atoms with Crippen molar-refractivity contribution in [3.8, 4) is 0 Å². The van der Waals surface area contributed by atoms with Gasteiger partial charge in [0.15, 0.2) is 0 Å². The first-order valence-corrected chi connectivity index (χ1v) is 5.48. The molecule has 1 aliphatic rings. The van der Waals surface area contributed by atoms with Crippen molar-refractivity contribution < 1.29 is 0 Å². The zero-order valence-corrected chi connectivity index (χ0v) is 8.73. The second kappa shape index (κ2) is 8.55. The maximum absolute atomic E-state index is 2.25. The Morgan fingerprint density at radius 1 is 0.500 bits per heavy atom. The molecule has 0 aliphatic heterocycles. The second-order valence-corrected chi connectivity index (χ2v) is 3.46. The monoisotopic (exact) mass is 187 g/mol. The maximum Gasteiger partial charge on any atom is -0.0167 e. The van der Waals surface area contributed by atoms with Crippen LogP contribution >= 0.6 is 0 Å². The Morgan fingerprint density at radius 2 is 1.14 bits per heavy atom. The highest BCUT2D eigenvalue weighted by molar-refractivity contribution is 5.16. The van der Waals surface area contributed by atoms with Crippen LogP contribution in [-0.2, 0) is 0 Å². The normalized spacial score (nSPS) is 28.6. The molecule has 0 aromatic carbocycles. The van der Waals surface area contributed by atoms with Crippen molar-refractivity contribution in [2.24, 2.45) is 0 Å². The Balaban J connectivity index is 2.36. The fourth-order valence-electron chi connectivity index (χ4n) is 1.37. The van der Waals surface area contributed by atoms with Crippen molar-refractivity contribution in [3.05, 3.63) is 55.0 Å². The molecule has 0 bridgehead atoms. The third-order valence-corrected chi connectivity index (χ3v) is 2.18. The van der Waals surface area contributed by atoms with Crippen LogP contribution in [-0.4, -0.2) is 0 Å². The molecule has 14 heavy (non-hydrogen) atoms. The van der Waals surface area contributed by atoms with E-state index in [1.807, 2.05) is 0 Å². The minimum atomic E-state index is 1.21. The molecule has 0 aromatic heterocycles. The van der Waals surface area contributed by atoms with Gasteiger partial charge in [-0.3, -0.25) is 0 Å². The molecule has 0 saturated carbocycles. The summed E-state index contributed by atoms with van der Waals surface area (Å²) < 4.78 is 0. The summed E-state index contributed by atoms with van der Waals surface area (Å²) in [4.78, 5) is 0. The van der Waals surface area contributed by atoms with Crippen LogP contribution in [0.2, 0.25) is 0 Å². The molecule has 75 valence electrons. The third kappa shape index (κ3) is 6.47. The van der Waals surface area contributed by atoms with Gasteiger partial charge in [0.1, 0.15) is 0 Å². The van der Waals surface area contributed by atoms with E-state index in [-0.39, 0.29) is 0 Å². The molecule has 0 nitrogen and oxygen atoms in total. The first kappa shape index (κ1) is 11.0. The van der Waals surface area contributed by atoms with Gasteiger partial charge in [-0.1, -0.05) is 61.4 Å². The van der Waals surface area contributed by atoms with E-state index in [1.54, 1.807) is 0 Å². The second-order valence-electron chi connectivity index (χ2n) is 3.46. The minimum absolute atomic E-state index is 1.21. The molecule has 1 aliphatic carbocycles. The van der Waals surface area contributed by atoms with E-state index in [4.69, 9.17) is 0 Å². The van der Waals surface area contributed by atoms with Gasteiger partial charge in [0.05, 0.1) is 0 Å². The summed E-state index contributed by atoms with van der Waals surface area (Å²) in [5.74, 6) is 0. The Kier molecular flexibility index (Phi) is 6.74. The van der Waals surface area contributed by atoms with Crippen LogP contribution in [0.1, 0.15) is 32.1 Å². The molecule has 0 heterocycles. The molecule has 0 saturated heterocycles. The van der Waals surface area contributed by atoms with E-state index in [0.29, 0.717) is 0 Å². The summed E-state index contributed by atoms with van der Waals surface area (Å²) >= 11 is 0. The van der Waals surface area contributed by atoms with Crippen LogP contribution in [0.15, 0.2) is 48.6 Å². The summed E-state index contributed by atoms with van der Waals surface area (Å²) in [7, 11) is 0. The van der Waals surface area contributed by atoms with Crippen LogP contribution in [0, 0.1) is 6.42 Å². The maximum atomic E-state index is 2.25. The van der Waals surface area contributed by atoms with Crippen LogP contribution in [0.3, 0.4) is 0 Å². The van der Waals surface area contributed by atoms with Crippen molar-refractivity contribution in [1.29, 1.82) is 0 Å². The smallest absolute Gasteiger partial charge is 0.0167 e. The first-order chi connectivity index (χ1) is 7.00. The molecule has 1 rings (SSSR count). The lowest BCUT2D eigenvalue weighted by Gasteiger charge is -1.96. The SMILES string of the molecule is [CH]1/C=C/C=C\C=C\C=C\CCCCC1. The van der Waals surface area contributed by atoms with Crippen molar-refractivity contribution >= 4 is 0 Å².